The average Bonchev–Trinajstić information content (AvgIpc) is 2.20. The van der Waals surface area contributed by atoms with Gasteiger partial charge in [0, 0.05) is 18.5 Å². The van der Waals surface area contributed by atoms with Gasteiger partial charge in [-0.15, -0.1) is 0 Å². The van der Waals surface area contributed by atoms with Crippen molar-refractivity contribution in [1.29, 1.82) is 0 Å². The van der Waals surface area contributed by atoms with Gasteiger partial charge in [0.25, 0.3) is 0 Å². The van der Waals surface area contributed by atoms with Crippen LogP contribution in [-0.2, 0) is 4.79 Å². The number of carbonyl (C=O) groups is 1. The molecule has 0 fully saturated rings. The van der Waals surface area contributed by atoms with Crippen LogP contribution >= 0.6 is 0 Å². The highest BCUT2D eigenvalue weighted by atomic mass is 19.1. The van der Waals surface area contributed by atoms with Crippen molar-refractivity contribution in [3.8, 4) is 0 Å². The van der Waals surface area contributed by atoms with Crippen LogP contribution in [0.4, 0.5) is 4.39 Å². The number of halogens is 1. The van der Waals surface area contributed by atoms with Crippen molar-refractivity contribution in [2.24, 2.45) is 5.73 Å². The highest BCUT2D eigenvalue weighted by Gasteiger charge is 2.12. The molecule has 0 aliphatic heterocycles. The second-order valence-corrected chi connectivity index (χ2v) is 4.47. The molecule has 0 saturated heterocycles. The maximum absolute atomic E-state index is 13.4. The van der Waals surface area contributed by atoms with E-state index in [0.717, 1.165) is 5.56 Å². The molecule has 94 valence electrons. The lowest BCUT2D eigenvalue weighted by molar-refractivity contribution is -0.118. The summed E-state index contributed by atoms with van der Waals surface area (Å²) in [6, 6.07) is 5.12. The summed E-state index contributed by atoms with van der Waals surface area (Å²) in [4.78, 5) is 10.7. The summed E-state index contributed by atoms with van der Waals surface area (Å²) < 4.78 is 13.4. The van der Waals surface area contributed by atoms with Crippen LogP contribution in [0.15, 0.2) is 18.2 Å². The molecule has 17 heavy (non-hydrogen) atoms. The Labute approximate surface area is 101 Å². The molecule has 0 saturated carbocycles. The van der Waals surface area contributed by atoms with Gasteiger partial charge in [0.2, 0.25) is 5.91 Å². The molecule has 0 spiro atoms. The number of nitrogens with two attached hydrogens (primary N) is 1. The van der Waals surface area contributed by atoms with Crippen LogP contribution in [0.25, 0.3) is 0 Å². The summed E-state index contributed by atoms with van der Waals surface area (Å²) in [5.41, 5.74) is 6.61. The second kappa shape index (κ2) is 5.77. The Morgan fingerprint density at radius 1 is 1.47 bits per heavy atom. The molecular weight excluding hydrogens is 219 g/mol. The summed E-state index contributed by atoms with van der Waals surface area (Å²) in [5.74, 6) is -0.550. The Hall–Kier alpha value is -1.42. The molecule has 0 aliphatic rings. The molecular formula is C13H19FN2O. The predicted molar refractivity (Wildman–Crippen MR) is 66.0 cm³/mol. The van der Waals surface area contributed by atoms with E-state index in [1.54, 1.807) is 13.0 Å². The Kier molecular flexibility index (Phi) is 4.63. The normalized spacial score (nSPS) is 14.4. The Balaban J connectivity index is 2.66. The number of amides is 1. The first-order chi connectivity index (χ1) is 7.90. The number of carbonyl (C=O) groups excluding carboxylic acids is 1. The third kappa shape index (κ3) is 4.15. The van der Waals surface area contributed by atoms with Gasteiger partial charge in [-0.3, -0.25) is 4.79 Å². The van der Waals surface area contributed by atoms with E-state index < -0.39 is 0 Å². The molecule has 2 unspecified atom stereocenters. The van der Waals surface area contributed by atoms with Crippen molar-refractivity contribution in [2.75, 3.05) is 0 Å². The highest BCUT2D eigenvalue weighted by molar-refractivity contribution is 5.74. The molecule has 3 nitrogen and oxygen atoms in total. The van der Waals surface area contributed by atoms with Gasteiger partial charge in [0.15, 0.2) is 0 Å². The average molecular weight is 238 g/mol. The minimum absolute atomic E-state index is 0.0144. The fraction of sp³-hybridized carbons (Fsp3) is 0.462. The van der Waals surface area contributed by atoms with Crippen LogP contribution in [0.5, 0.6) is 0 Å². The molecule has 1 aromatic rings. The minimum atomic E-state index is -0.340. The van der Waals surface area contributed by atoms with Gasteiger partial charge >= 0.3 is 0 Å². The van der Waals surface area contributed by atoms with Crippen molar-refractivity contribution in [3.05, 3.63) is 35.1 Å². The fourth-order valence-electron chi connectivity index (χ4n) is 1.76. The quantitative estimate of drug-likeness (QED) is 0.825. The van der Waals surface area contributed by atoms with Gasteiger partial charge in [0.05, 0.1) is 0 Å². The maximum atomic E-state index is 13.4. The second-order valence-electron chi connectivity index (χ2n) is 4.47. The molecule has 2 atom stereocenters. The minimum Gasteiger partial charge on any atom is -0.370 e. The van der Waals surface area contributed by atoms with Gasteiger partial charge in [-0.1, -0.05) is 12.1 Å². The number of primary amides is 1. The van der Waals surface area contributed by atoms with Gasteiger partial charge in [-0.2, -0.15) is 0 Å². The summed E-state index contributed by atoms with van der Waals surface area (Å²) >= 11 is 0. The Morgan fingerprint density at radius 3 is 2.65 bits per heavy atom. The lowest BCUT2D eigenvalue weighted by atomic mass is 10.0. The highest BCUT2D eigenvalue weighted by Crippen LogP contribution is 2.17. The number of benzene rings is 1. The summed E-state index contributed by atoms with van der Waals surface area (Å²) in [7, 11) is 0. The molecule has 1 amide bonds. The molecule has 0 radical (unpaired) electrons. The molecule has 0 bridgehead atoms. The van der Waals surface area contributed by atoms with Crippen LogP contribution in [0.1, 0.15) is 37.4 Å². The summed E-state index contributed by atoms with van der Waals surface area (Å²) in [5, 5.41) is 3.21. The first-order valence-corrected chi connectivity index (χ1v) is 5.70. The van der Waals surface area contributed by atoms with Crippen LogP contribution < -0.4 is 11.1 Å². The van der Waals surface area contributed by atoms with E-state index in [-0.39, 0.29) is 30.2 Å². The third-order valence-electron chi connectivity index (χ3n) is 2.74. The molecule has 3 N–H and O–H groups in total. The third-order valence-corrected chi connectivity index (χ3v) is 2.74. The number of hydrogen-bond donors (Lipinski definition) is 2. The van der Waals surface area contributed by atoms with Gasteiger partial charge in [-0.05, 0) is 38.0 Å². The predicted octanol–water partition coefficient (Wildman–Crippen LogP) is 2.05. The summed E-state index contributed by atoms with van der Waals surface area (Å²) in [6.07, 6.45) is 0.276. The van der Waals surface area contributed by atoms with Gasteiger partial charge < -0.3 is 11.1 Å². The van der Waals surface area contributed by atoms with E-state index in [1.807, 2.05) is 19.9 Å². The van der Waals surface area contributed by atoms with Crippen molar-refractivity contribution in [1.82, 2.24) is 5.32 Å². The summed E-state index contributed by atoms with van der Waals surface area (Å²) in [6.45, 7) is 5.54. The van der Waals surface area contributed by atoms with E-state index in [1.165, 1.54) is 6.07 Å². The number of nitrogens with one attached hydrogen (secondary N) is 1. The van der Waals surface area contributed by atoms with Crippen molar-refractivity contribution in [3.63, 3.8) is 0 Å². The fourth-order valence-corrected chi connectivity index (χ4v) is 1.76. The molecule has 0 aromatic heterocycles. The zero-order valence-electron chi connectivity index (χ0n) is 10.5. The van der Waals surface area contributed by atoms with Crippen LogP contribution in [0.2, 0.25) is 0 Å². The maximum Gasteiger partial charge on any atom is 0.218 e. The van der Waals surface area contributed by atoms with Crippen LogP contribution in [0, 0.1) is 12.7 Å². The van der Waals surface area contributed by atoms with E-state index in [4.69, 9.17) is 5.73 Å². The van der Waals surface area contributed by atoms with E-state index >= 15 is 0 Å². The number of rotatable bonds is 5. The van der Waals surface area contributed by atoms with Crippen molar-refractivity contribution < 1.29 is 9.18 Å². The van der Waals surface area contributed by atoms with Crippen molar-refractivity contribution >= 4 is 5.91 Å². The van der Waals surface area contributed by atoms with Crippen molar-refractivity contribution in [2.45, 2.75) is 39.3 Å². The first-order valence-electron chi connectivity index (χ1n) is 5.70. The number of aryl methyl sites for hydroxylation is 1. The van der Waals surface area contributed by atoms with E-state index in [9.17, 15) is 9.18 Å². The van der Waals surface area contributed by atoms with E-state index in [2.05, 4.69) is 5.32 Å². The van der Waals surface area contributed by atoms with Gasteiger partial charge in [0.1, 0.15) is 5.82 Å². The lowest BCUT2D eigenvalue weighted by Gasteiger charge is -2.19. The first kappa shape index (κ1) is 13.6. The molecule has 0 aliphatic carbocycles. The smallest absolute Gasteiger partial charge is 0.218 e. The SMILES string of the molecule is Cc1ccc(C(C)NC(C)CC(N)=O)cc1F. The van der Waals surface area contributed by atoms with E-state index in [0.29, 0.717) is 5.56 Å². The van der Waals surface area contributed by atoms with Gasteiger partial charge in [-0.25, -0.2) is 4.39 Å². The molecule has 0 heterocycles. The zero-order valence-corrected chi connectivity index (χ0v) is 10.5. The zero-order chi connectivity index (χ0) is 13.0. The topological polar surface area (TPSA) is 55.1 Å². The number of hydrogen-bond acceptors (Lipinski definition) is 2. The standard InChI is InChI=1S/C13H19FN2O/c1-8-4-5-11(7-12(8)14)10(3)16-9(2)6-13(15)17/h4-5,7,9-10,16H,6H2,1-3H3,(H2,15,17). The Bertz CT molecular complexity index is 406. The molecule has 1 rings (SSSR count). The molecule has 1 aromatic carbocycles. The largest absolute Gasteiger partial charge is 0.370 e. The van der Waals surface area contributed by atoms with Crippen LogP contribution in [0.3, 0.4) is 0 Å². The molecule has 4 heteroatoms. The monoisotopic (exact) mass is 238 g/mol. The Morgan fingerprint density at radius 2 is 2.12 bits per heavy atom. The van der Waals surface area contributed by atoms with Crippen LogP contribution in [-0.4, -0.2) is 11.9 Å². The lowest BCUT2D eigenvalue weighted by Crippen LogP contribution is -2.32.